The van der Waals surface area contributed by atoms with Gasteiger partial charge in [-0.05, 0) is 10.6 Å². The molecule has 4 heterocycles. The number of aromatic nitrogens is 4. The molecule has 9 atom stereocenters. The van der Waals surface area contributed by atoms with Gasteiger partial charge in [0.2, 0.25) is 5.95 Å². The normalized spacial score (nSPS) is 32.6. The molecule has 0 saturated carbocycles. The lowest BCUT2D eigenvalue weighted by atomic mass is 10.1. The molecule has 21 nitrogen and oxygen atoms in total. The van der Waals surface area contributed by atoms with Gasteiger partial charge < -0.3 is 46.0 Å². The Balaban J connectivity index is 1.42. The first-order chi connectivity index (χ1) is 17.8. The number of phosphoric ester groups is 2. The number of β-amino-alcohol motifs (C(OH)–C–C–N with tert-alkyl or cyclic N) is 1. The monoisotopic (exact) mass is 583 g/mol. The van der Waals surface area contributed by atoms with Crippen LogP contribution in [0.25, 0.3) is 21.6 Å². The van der Waals surface area contributed by atoms with Crippen LogP contribution in [0.4, 0.5) is 11.8 Å². The number of nitrogens with one attached hydrogen (secondary N) is 1. The van der Waals surface area contributed by atoms with Crippen molar-refractivity contribution in [1.29, 1.82) is 0 Å². The molecule has 23 heteroatoms. The van der Waals surface area contributed by atoms with E-state index in [4.69, 9.17) is 16.0 Å². The van der Waals surface area contributed by atoms with Gasteiger partial charge >= 0.3 is 15.6 Å². The van der Waals surface area contributed by atoms with E-state index in [2.05, 4.69) is 43.7 Å². The third-order valence-electron chi connectivity index (χ3n) is 5.63. The highest BCUT2D eigenvalue weighted by Crippen LogP contribution is 2.60. The third-order valence-corrected chi connectivity index (χ3v) is 8.24. The molecule has 0 radical (unpaired) electrons. The first-order valence-electron chi connectivity index (χ1n) is 10.6. The van der Waals surface area contributed by atoms with Crippen LogP contribution in [-0.2, 0) is 27.2 Å². The van der Waals surface area contributed by atoms with Crippen molar-refractivity contribution in [2.45, 2.75) is 42.8 Å². The van der Waals surface area contributed by atoms with Crippen LogP contribution in [0.15, 0.2) is 11.4 Å². The van der Waals surface area contributed by atoms with Crippen LogP contribution in [0.2, 0.25) is 0 Å². The molecule has 2 aromatic heterocycles. The number of hydrogen-bond acceptors (Lipinski definition) is 16. The number of phosphoric acid groups is 2. The largest absolute Gasteiger partial charge is 0.481 e. The highest BCUT2D eigenvalue weighted by atomic mass is 31.3. The molecule has 0 amide bonds. The van der Waals surface area contributed by atoms with E-state index >= 15 is 0 Å². The molecule has 2 saturated heterocycles. The summed E-state index contributed by atoms with van der Waals surface area (Å²) in [6, 6.07) is -0.955. The molecule has 0 aliphatic carbocycles. The molecule has 2 aromatic rings. The lowest BCUT2D eigenvalue weighted by Crippen LogP contribution is -2.36. The second-order valence-corrected chi connectivity index (χ2v) is 11.2. The Kier molecular flexibility index (Phi) is 8.34. The predicted molar refractivity (Wildman–Crippen MR) is 121 cm³/mol. The van der Waals surface area contributed by atoms with Crippen molar-refractivity contribution in [3.8, 4) is 0 Å². The number of hydrogen-bond donors (Lipinski definition) is 8. The maximum atomic E-state index is 12.2. The quantitative estimate of drug-likeness (QED) is 0.0643. The minimum Gasteiger partial charge on any atom is -0.389 e. The molecule has 210 valence electrons. The maximum absolute atomic E-state index is 12.2. The highest BCUT2D eigenvalue weighted by molar-refractivity contribution is 7.61. The Hall–Kier alpha value is -2.32. The Morgan fingerprint density at radius 3 is 2.47 bits per heavy atom. The molecule has 2 fully saturated rings. The minimum atomic E-state index is -5.31. The van der Waals surface area contributed by atoms with E-state index in [9.17, 15) is 39.3 Å². The van der Waals surface area contributed by atoms with E-state index in [1.54, 1.807) is 0 Å². The molecule has 0 spiro atoms. The first kappa shape index (κ1) is 28.7. The zero-order valence-electron chi connectivity index (χ0n) is 19.0. The van der Waals surface area contributed by atoms with Gasteiger partial charge in [0.1, 0.15) is 24.6 Å². The smallest absolute Gasteiger partial charge is 0.389 e. The van der Waals surface area contributed by atoms with Crippen LogP contribution >= 0.6 is 15.6 Å². The molecule has 2 aliphatic heterocycles. The number of anilines is 1. The molecule has 9 N–H and O–H groups in total. The third kappa shape index (κ3) is 5.96. The Labute approximate surface area is 211 Å². The summed E-state index contributed by atoms with van der Waals surface area (Å²) >= 11 is 0. The number of nitrogens with zero attached hydrogens (tertiary/aromatic N) is 7. The lowest BCUT2D eigenvalue weighted by Gasteiger charge is -2.21. The molecular weight excluding hydrogens is 560 g/mol. The number of aliphatic hydroxyl groups is 4. The van der Waals surface area contributed by atoms with Gasteiger partial charge in [-0.15, -0.1) is 0 Å². The highest BCUT2D eigenvalue weighted by Gasteiger charge is 2.47. The number of nitrogens with two attached hydrogens (primary N) is 1. The van der Waals surface area contributed by atoms with Crippen molar-refractivity contribution in [3.63, 3.8) is 0 Å². The zero-order valence-corrected chi connectivity index (χ0v) is 20.8. The summed E-state index contributed by atoms with van der Waals surface area (Å²) in [5.41, 5.74) is 14.6. The molecule has 0 bridgehead atoms. The van der Waals surface area contributed by atoms with Gasteiger partial charge in [-0.3, -0.25) is 13.6 Å². The SMILES string of the molecule is [N-]=[N+]=Nc1nc2c(N)ncnc2n1C1O[C@H](COP(=O)(O)OP(=O)(O)OC[C@H]2NC[C@H](O)[C@@H]2O)[C@@H](O)[C@H]1O. The van der Waals surface area contributed by atoms with Crippen LogP contribution in [0.5, 0.6) is 0 Å². The van der Waals surface area contributed by atoms with Gasteiger partial charge in [0.25, 0.3) is 0 Å². The van der Waals surface area contributed by atoms with E-state index in [0.717, 1.165) is 10.9 Å². The number of nitrogen functional groups attached to an aromatic ring is 1. The number of ether oxygens (including phenoxy) is 1. The fourth-order valence-electron chi connectivity index (χ4n) is 3.80. The molecule has 4 rings (SSSR count). The van der Waals surface area contributed by atoms with Crippen molar-refractivity contribution in [1.82, 2.24) is 24.8 Å². The predicted octanol–water partition coefficient (Wildman–Crippen LogP) is -2.09. The molecule has 0 aromatic carbocycles. The van der Waals surface area contributed by atoms with Gasteiger partial charge in [-0.2, -0.15) is 4.31 Å². The summed E-state index contributed by atoms with van der Waals surface area (Å²) in [5, 5.41) is 46.1. The molecular formula is C15H23N9O12P2. The van der Waals surface area contributed by atoms with Crippen LogP contribution in [0, 0.1) is 0 Å². The van der Waals surface area contributed by atoms with E-state index in [-0.39, 0.29) is 29.5 Å². The average Bonchev–Trinajstić information content (AvgIpc) is 3.46. The Morgan fingerprint density at radius 1 is 1.16 bits per heavy atom. The van der Waals surface area contributed by atoms with Crippen molar-refractivity contribution in [2.75, 3.05) is 25.5 Å². The second kappa shape index (κ2) is 11.0. The minimum absolute atomic E-state index is 0.00155. The van der Waals surface area contributed by atoms with Crippen LogP contribution in [-0.4, -0.2) is 106 Å². The first-order valence-corrected chi connectivity index (χ1v) is 13.6. The number of rotatable bonds is 10. The van der Waals surface area contributed by atoms with Gasteiger partial charge in [0.15, 0.2) is 23.2 Å². The fraction of sp³-hybridized carbons (Fsp3) is 0.667. The van der Waals surface area contributed by atoms with Gasteiger partial charge in [-0.25, -0.2) is 24.1 Å². The van der Waals surface area contributed by atoms with Crippen LogP contribution in [0.3, 0.4) is 0 Å². The van der Waals surface area contributed by atoms with Crippen molar-refractivity contribution >= 4 is 38.6 Å². The maximum Gasteiger partial charge on any atom is 0.481 e. The van der Waals surface area contributed by atoms with Crippen molar-refractivity contribution < 1.29 is 57.4 Å². The number of azide groups is 1. The standard InChI is InChI=1S/C15H23N9O12P2/c16-12-8-13(20-4-19-12)24(15(21-8)22-23-17)14-11(28)10(27)7(35-14)3-34-38(31,32)36-37(29,30)33-2-5-9(26)6(25)1-18-5/h4-7,9-11,14,18,25-28H,1-3H2,(H,29,30)(H,31,32)(H2,16,19,20)/t5-,6+,7-,9-,10-,11-,14?/m1/s1. The summed E-state index contributed by atoms with van der Waals surface area (Å²) < 4.78 is 44.3. The Bertz CT molecular complexity index is 1320. The van der Waals surface area contributed by atoms with Gasteiger partial charge in [0, 0.05) is 11.5 Å². The number of fused-ring (bicyclic) bond motifs is 1. The second-order valence-electron chi connectivity index (χ2n) is 8.13. The fourth-order valence-corrected chi connectivity index (χ4v) is 5.90. The molecule has 2 aliphatic rings. The molecule has 3 unspecified atom stereocenters. The summed E-state index contributed by atoms with van der Waals surface area (Å²) in [5.74, 6) is -0.434. The summed E-state index contributed by atoms with van der Waals surface area (Å²) in [6.45, 7) is -1.60. The van der Waals surface area contributed by atoms with Crippen LogP contribution < -0.4 is 11.1 Å². The van der Waals surface area contributed by atoms with E-state index in [1.807, 2.05) is 0 Å². The van der Waals surface area contributed by atoms with E-state index in [1.165, 1.54) is 0 Å². The molecule has 38 heavy (non-hydrogen) atoms. The van der Waals surface area contributed by atoms with Crippen molar-refractivity contribution in [2.24, 2.45) is 5.11 Å². The van der Waals surface area contributed by atoms with Gasteiger partial charge in [0.05, 0.1) is 31.5 Å². The zero-order chi connectivity index (χ0) is 27.8. The van der Waals surface area contributed by atoms with E-state index in [0.29, 0.717) is 0 Å². The topological polar surface area (TPSA) is 323 Å². The van der Waals surface area contributed by atoms with Crippen molar-refractivity contribution in [3.05, 3.63) is 16.8 Å². The number of aliphatic hydroxyl groups excluding tert-OH is 4. The summed E-state index contributed by atoms with van der Waals surface area (Å²) in [4.78, 5) is 34.0. The number of imidazole rings is 1. The summed E-state index contributed by atoms with van der Waals surface area (Å²) in [7, 11) is -10.5. The average molecular weight is 583 g/mol. The van der Waals surface area contributed by atoms with Crippen LogP contribution in [0.1, 0.15) is 6.23 Å². The van der Waals surface area contributed by atoms with E-state index < -0.39 is 71.6 Å². The van der Waals surface area contributed by atoms with Gasteiger partial charge in [-0.1, -0.05) is 0 Å². The Morgan fingerprint density at radius 2 is 1.84 bits per heavy atom. The summed E-state index contributed by atoms with van der Waals surface area (Å²) in [6.07, 6.45) is -7.86. The lowest BCUT2D eigenvalue weighted by molar-refractivity contribution is -0.0496.